The summed E-state index contributed by atoms with van der Waals surface area (Å²) in [6.45, 7) is 1.85. The third-order valence-corrected chi connectivity index (χ3v) is 5.92. The van der Waals surface area contributed by atoms with Crippen LogP contribution in [0.25, 0.3) is 0 Å². The Bertz CT molecular complexity index is 870. The standard InChI is InChI=1S/C22H24F2N2O3/c1-28-20(26-11-9-22(10-12-26)14-25-21(27)29-22)19(15-5-3-2-4-6-15)16-7-8-17(23)18(24)13-16/h2-8,13,19-20H,9-12,14H2,1H3,(H,25,27). The third-order valence-electron chi connectivity index (χ3n) is 5.92. The maximum absolute atomic E-state index is 14.0. The number of likely N-dealkylation sites (tertiary alicyclic amines) is 1. The zero-order valence-corrected chi connectivity index (χ0v) is 16.2. The highest BCUT2D eigenvalue weighted by atomic mass is 19.2. The molecular weight excluding hydrogens is 378 g/mol. The van der Waals surface area contributed by atoms with Gasteiger partial charge < -0.3 is 14.8 Å². The summed E-state index contributed by atoms with van der Waals surface area (Å²) in [7, 11) is 1.63. The van der Waals surface area contributed by atoms with Gasteiger partial charge in [0.1, 0.15) is 11.8 Å². The number of nitrogens with one attached hydrogen (secondary N) is 1. The molecule has 2 heterocycles. The normalized spacial score (nSPS) is 20.9. The molecule has 4 rings (SSSR count). The SMILES string of the molecule is COC(C(c1ccccc1)c1ccc(F)c(F)c1)N1CCC2(CC1)CNC(=O)O2. The van der Waals surface area contributed by atoms with Gasteiger partial charge in [-0.2, -0.15) is 0 Å². The van der Waals surface area contributed by atoms with E-state index in [9.17, 15) is 13.6 Å². The molecule has 0 saturated carbocycles. The van der Waals surface area contributed by atoms with E-state index in [0.29, 0.717) is 38.0 Å². The third kappa shape index (κ3) is 3.97. The fourth-order valence-corrected chi connectivity index (χ4v) is 4.35. The van der Waals surface area contributed by atoms with Crippen molar-refractivity contribution in [3.63, 3.8) is 0 Å². The van der Waals surface area contributed by atoms with Gasteiger partial charge in [-0.15, -0.1) is 0 Å². The van der Waals surface area contributed by atoms with E-state index >= 15 is 0 Å². The highest BCUT2D eigenvalue weighted by Gasteiger charge is 2.45. The summed E-state index contributed by atoms with van der Waals surface area (Å²) in [4.78, 5) is 13.7. The van der Waals surface area contributed by atoms with Gasteiger partial charge >= 0.3 is 6.09 Å². The van der Waals surface area contributed by atoms with E-state index in [1.165, 1.54) is 6.07 Å². The molecule has 1 spiro atoms. The summed E-state index contributed by atoms with van der Waals surface area (Å²) in [5.74, 6) is -2.04. The Balaban J connectivity index is 1.62. The Morgan fingerprint density at radius 3 is 2.38 bits per heavy atom. The van der Waals surface area contributed by atoms with Gasteiger partial charge in [0.25, 0.3) is 0 Å². The van der Waals surface area contributed by atoms with Crippen LogP contribution >= 0.6 is 0 Å². The Morgan fingerprint density at radius 2 is 1.79 bits per heavy atom. The number of piperidine rings is 1. The van der Waals surface area contributed by atoms with Gasteiger partial charge in [-0.05, 0) is 23.3 Å². The van der Waals surface area contributed by atoms with Crippen LogP contribution in [0.1, 0.15) is 29.9 Å². The van der Waals surface area contributed by atoms with E-state index in [2.05, 4.69) is 10.2 Å². The molecule has 0 aliphatic carbocycles. The minimum Gasteiger partial charge on any atom is -0.441 e. The van der Waals surface area contributed by atoms with E-state index in [4.69, 9.17) is 9.47 Å². The molecule has 0 radical (unpaired) electrons. The molecule has 2 aromatic carbocycles. The van der Waals surface area contributed by atoms with E-state index in [1.807, 2.05) is 30.3 Å². The van der Waals surface area contributed by atoms with Gasteiger partial charge in [-0.3, -0.25) is 4.90 Å². The number of halogens is 2. The molecule has 1 amide bonds. The average Bonchev–Trinajstić information content (AvgIpc) is 3.10. The van der Waals surface area contributed by atoms with Crippen LogP contribution in [-0.4, -0.2) is 49.6 Å². The van der Waals surface area contributed by atoms with Gasteiger partial charge in [0.15, 0.2) is 11.6 Å². The van der Waals surface area contributed by atoms with E-state index in [1.54, 1.807) is 13.2 Å². The summed E-state index contributed by atoms with van der Waals surface area (Å²) < 4.78 is 38.9. The number of rotatable bonds is 5. The number of methoxy groups -OCH3 is 1. The van der Waals surface area contributed by atoms with Crippen LogP contribution in [0.15, 0.2) is 48.5 Å². The van der Waals surface area contributed by atoms with Crippen LogP contribution in [0.4, 0.5) is 13.6 Å². The number of carbonyl (C=O) groups excluding carboxylic acids is 1. The average molecular weight is 402 g/mol. The number of amides is 1. The van der Waals surface area contributed by atoms with Crippen molar-refractivity contribution in [3.05, 3.63) is 71.3 Å². The lowest BCUT2D eigenvalue weighted by Gasteiger charge is -2.43. The van der Waals surface area contributed by atoms with Gasteiger partial charge in [-0.25, -0.2) is 13.6 Å². The largest absolute Gasteiger partial charge is 0.441 e. The maximum Gasteiger partial charge on any atom is 0.407 e. The molecule has 0 bridgehead atoms. The topological polar surface area (TPSA) is 50.8 Å². The summed E-state index contributed by atoms with van der Waals surface area (Å²) in [5, 5.41) is 2.74. The van der Waals surface area contributed by atoms with Crippen LogP contribution in [0.3, 0.4) is 0 Å². The van der Waals surface area contributed by atoms with Crippen LogP contribution in [0.5, 0.6) is 0 Å². The fourth-order valence-electron chi connectivity index (χ4n) is 4.35. The molecule has 2 aliphatic rings. The summed E-state index contributed by atoms with van der Waals surface area (Å²) in [6, 6.07) is 13.7. The Hall–Kier alpha value is -2.51. The molecule has 154 valence electrons. The molecule has 2 unspecified atom stereocenters. The van der Waals surface area contributed by atoms with Crippen molar-refractivity contribution in [2.24, 2.45) is 0 Å². The molecule has 5 nitrogen and oxygen atoms in total. The Morgan fingerprint density at radius 1 is 1.07 bits per heavy atom. The van der Waals surface area contributed by atoms with Crippen molar-refractivity contribution in [3.8, 4) is 0 Å². The zero-order chi connectivity index (χ0) is 20.4. The molecule has 0 aromatic heterocycles. The number of hydrogen-bond acceptors (Lipinski definition) is 4. The number of ether oxygens (including phenoxy) is 2. The van der Waals surface area contributed by atoms with Crippen molar-refractivity contribution in [2.45, 2.75) is 30.6 Å². The number of hydrogen-bond donors (Lipinski definition) is 1. The van der Waals surface area contributed by atoms with Crippen molar-refractivity contribution < 1.29 is 23.0 Å². The van der Waals surface area contributed by atoms with Crippen LogP contribution in [-0.2, 0) is 9.47 Å². The molecule has 2 saturated heterocycles. The predicted molar refractivity (Wildman–Crippen MR) is 103 cm³/mol. The second-order valence-corrected chi connectivity index (χ2v) is 7.65. The van der Waals surface area contributed by atoms with Gasteiger partial charge in [0, 0.05) is 39.0 Å². The first kappa shape index (κ1) is 19.8. The highest BCUT2D eigenvalue weighted by molar-refractivity contribution is 5.70. The van der Waals surface area contributed by atoms with E-state index in [-0.39, 0.29) is 18.2 Å². The molecule has 7 heteroatoms. The number of alkyl carbamates (subject to hydrolysis) is 1. The number of benzene rings is 2. The lowest BCUT2D eigenvalue weighted by atomic mass is 9.86. The first-order valence-corrected chi connectivity index (χ1v) is 9.75. The van der Waals surface area contributed by atoms with Gasteiger partial charge in [0.05, 0.1) is 6.54 Å². The lowest BCUT2D eigenvalue weighted by molar-refractivity contribution is -0.0847. The molecular formula is C22H24F2N2O3. The summed E-state index contributed by atoms with van der Waals surface area (Å²) in [5.41, 5.74) is 1.15. The van der Waals surface area contributed by atoms with Crippen molar-refractivity contribution >= 4 is 6.09 Å². The summed E-state index contributed by atoms with van der Waals surface area (Å²) in [6.07, 6.45) is 0.630. The minimum absolute atomic E-state index is 0.297. The molecule has 29 heavy (non-hydrogen) atoms. The van der Waals surface area contributed by atoms with Crippen LogP contribution in [0, 0.1) is 11.6 Å². The number of carbonyl (C=O) groups is 1. The second kappa shape index (κ2) is 8.08. The van der Waals surface area contributed by atoms with Crippen LogP contribution < -0.4 is 5.32 Å². The Labute approximate surface area is 168 Å². The quantitative estimate of drug-likeness (QED) is 0.830. The first-order chi connectivity index (χ1) is 14.0. The molecule has 2 aliphatic heterocycles. The summed E-state index contributed by atoms with van der Waals surface area (Å²) >= 11 is 0. The maximum atomic E-state index is 14.0. The number of nitrogens with zero attached hydrogens (tertiary/aromatic N) is 1. The zero-order valence-electron chi connectivity index (χ0n) is 16.2. The van der Waals surface area contributed by atoms with E-state index in [0.717, 1.165) is 11.6 Å². The monoisotopic (exact) mass is 402 g/mol. The second-order valence-electron chi connectivity index (χ2n) is 7.65. The molecule has 2 atom stereocenters. The van der Waals surface area contributed by atoms with Crippen molar-refractivity contribution in [2.75, 3.05) is 26.7 Å². The smallest absolute Gasteiger partial charge is 0.407 e. The van der Waals surface area contributed by atoms with Gasteiger partial charge in [-0.1, -0.05) is 36.4 Å². The minimum atomic E-state index is -0.875. The lowest BCUT2D eigenvalue weighted by Crippen LogP contribution is -2.52. The van der Waals surface area contributed by atoms with Crippen molar-refractivity contribution in [1.82, 2.24) is 10.2 Å². The van der Waals surface area contributed by atoms with E-state index < -0.39 is 17.2 Å². The molecule has 2 fully saturated rings. The highest BCUT2D eigenvalue weighted by Crippen LogP contribution is 2.36. The van der Waals surface area contributed by atoms with Crippen LogP contribution in [0.2, 0.25) is 0 Å². The van der Waals surface area contributed by atoms with Crippen molar-refractivity contribution in [1.29, 1.82) is 0 Å². The Kier molecular flexibility index (Phi) is 5.52. The fraction of sp³-hybridized carbons (Fsp3) is 0.409. The predicted octanol–water partition coefficient (Wildman–Crippen LogP) is 3.64. The first-order valence-electron chi connectivity index (χ1n) is 9.75. The molecule has 2 aromatic rings. The van der Waals surface area contributed by atoms with Gasteiger partial charge in [0.2, 0.25) is 0 Å². The molecule has 1 N–H and O–H groups in total.